The minimum Gasteiger partial charge on any atom is -0.484 e. The summed E-state index contributed by atoms with van der Waals surface area (Å²) < 4.78 is 5.54. The van der Waals surface area contributed by atoms with Gasteiger partial charge in [-0.05, 0) is 55.5 Å². The molecule has 0 unspecified atom stereocenters. The first-order chi connectivity index (χ1) is 16.1. The van der Waals surface area contributed by atoms with Crippen LogP contribution in [0.5, 0.6) is 5.75 Å². The molecule has 2 fully saturated rings. The predicted octanol–water partition coefficient (Wildman–Crippen LogP) is 2.86. The lowest BCUT2D eigenvalue weighted by Gasteiger charge is -2.31. The largest absolute Gasteiger partial charge is 0.484 e. The van der Waals surface area contributed by atoms with Gasteiger partial charge in [-0.3, -0.25) is 14.4 Å². The predicted molar refractivity (Wildman–Crippen MR) is 125 cm³/mol. The van der Waals surface area contributed by atoms with E-state index in [1.807, 2.05) is 59.5 Å². The number of nitrogens with zero attached hydrogens (tertiary/aromatic N) is 2. The minimum absolute atomic E-state index is 0.0110. The van der Waals surface area contributed by atoms with Crippen molar-refractivity contribution in [2.75, 3.05) is 32.8 Å². The van der Waals surface area contributed by atoms with Gasteiger partial charge in [0, 0.05) is 44.2 Å². The van der Waals surface area contributed by atoms with E-state index in [-0.39, 0.29) is 30.2 Å². The molecule has 174 valence electrons. The van der Waals surface area contributed by atoms with Crippen LogP contribution in [0.25, 0.3) is 0 Å². The van der Waals surface area contributed by atoms with Crippen molar-refractivity contribution in [3.05, 3.63) is 65.7 Å². The molecule has 3 amide bonds. The van der Waals surface area contributed by atoms with Crippen molar-refractivity contribution in [1.29, 1.82) is 0 Å². The fourth-order valence-electron chi connectivity index (χ4n) is 4.35. The number of likely N-dealkylation sites (tertiary alicyclic amines) is 2. The Hall–Kier alpha value is -3.35. The normalized spacial score (nSPS) is 16.5. The average Bonchev–Trinajstić information content (AvgIpc) is 3.41. The Balaban J connectivity index is 1.18. The summed E-state index contributed by atoms with van der Waals surface area (Å²) in [6, 6.07) is 16.8. The van der Waals surface area contributed by atoms with E-state index in [1.54, 1.807) is 4.90 Å². The number of ether oxygens (including phenoxy) is 1. The fourth-order valence-corrected chi connectivity index (χ4v) is 4.35. The maximum atomic E-state index is 12.6. The van der Waals surface area contributed by atoms with Crippen LogP contribution in [-0.4, -0.2) is 60.3 Å². The van der Waals surface area contributed by atoms with Crippen LogP contribution < -0.4 is 10.1 Å². The van der Waals surface area contributed by atoms with Crippen molar-refractivity contribution >= 4 is 17.7 Å². The van der Waals surface area contributed by atoms with Crippen molar-refractivity contribution in [1.82, 2.24) is 15.1 Å². The first-order valence-corrected chi connectivity index (χ1v) is 11.7. The fraction of sp³-hybridized carbons (Fsp3) is 0.423. The number of hydrogen-bond donors (Lipinski definition) is 1. The number of hydrogen-bond acceptors (Lipinski definition) is 4. The highest BCUT2D eigenvalue weighted by Gasteiger charge is 2.27. The maximum absolute atomic E-state index is 12.6. The topological polar surface area (TPSA) is 79.0 Å². The Morgan fingerprint density at radius 2 is 1.52 bits per heavy atom. The lowest BCUT2D eigenvalue weighted by Crippen LogP contribution is -2.44. The summed E-state index contributed by atoms with van der Waals surface area (Å²) in [5, 5.41) is 3.00. The number of benzene rings is 2. The monoisotopic (exact) mass is 449 g/mol. The van der Waals surface area contributed by atoms with Crippen molar-refractivity contribution in [2.24, 2.45) is 5.92 Å². The minimum atomic E-state index is -0.0971. The van der Waals surface area contributed by atoms with Gasteiger partial charge in [-0.15, -0.1) is 0 Å². The van der Waals surface area contributed by atoms with E-state index in [0.717, 1.165) is 31.5 Å². The number of amides is 3. The van der Waals surface area contributed by atoms with Crippen LogP contribution >= 0.6 is 0 Å². The molecule has 2 aliphatic rings. The second-order valence-corrected chi connectivity index (χ2v) is 8.67. The molecular weight excluding hydrogens is 418 g/mol. The lowest BCUT2D eigenvalue weighted by atomic mass is 9.95. The van der Waals surface area contributed by atoms with Crippen molar-refractivity contribution < 1.29 is 19.1 Å². The molecule has 33 heavy (non-hydrogen) atoms. The molecule has 0 aromatic heterocycles. The molecule has 0 saturated carbocycles. The number of piperidine rings is 1. The van der Waals surface area contributed by atoms with E-state index in [0.29, 0.717) is 43.8 Å². The van der Waals surface area contributed by atoms with E-state index in [1.165, 1.54) is 0 Å². The van der Waals surface area contributed by atoms with Crippen LogP contribution in [0, 0.1) is 5.92 Å². The van der Waals surface area contributed by atoms with Gasteiger partial charge in [0.25, 0.3) is 11.8 Å². The van der Waals surface area contributed by atoms with Crippen LogP contribution in [0.15, 0.2) is 54.6 Å². The number of para-hydroxylation sites is 1. The molecule has 4 rings (SSSR count). The number of nitrogens with one attached hydrogen (secondary N) is 1. The molecule has 1 N–H and O–H groups in total. The molecule has 7 nitrogen and oxygen atoms in total. The first-order valence-electron chi connectivity index (χ1n) is 11.7. The van der Waals surface area contributed by atoms with Gasteiger partial charge in [0.1, 0.15) is 5.75 Å². The number of carbonyl (C=O) groups excluding carboxylic acids is 3. The quantitative estimate of drug-likeness (QED) is 0.705. The third-order valence-corrected chi connectivity index (χ3v) is 6.38. The number of carbonyl (C=O) groups is 3. The Morgan fingerprint density at radius 1 is 0.848 bits per heavy atom. The van der Waals surface area contributed by atoms with E-state index < -0.39 is 0 Å². The van der Waals surface area contributed by atoms with Crippen molar-refractivity contribution in [2.45, 2.75) is 32.2 Å². The van der Waals surface area contributed by atoms with E-state index >= 15 is 0 Å². The van der Waals surface area contributed by atoms with Gasteiger partial charge < -0.3 is 19.9 Å². The van der Waals surface area contributed by atoms with Crippen LogP contribution in [0.2, 0.25) is 0 Å². The SMILES string of the molecule is O=C(NCc1ccc(C(=O)N2CCCC2)cc1)C1CCN(C(=O)COc2ccccc2)CC1. The second kappa shape index (κ2) is 11.0. The summed E-state index contributed by atoms with van der Waals surface area (Å²) in [4.78, 5) is 41.1. The summed E-state index contributed by atoms with van der Waals surface area (Å²) in [6.45, 7) is 3.23. The molecule has 2 aliphatic heterocycles. The van der Waals surface area contributed by atoms with E-state index in [2.05, 4.69) is 5.32 Å². The Morgan fingerprint density at radius 3 is 2.18 bits per heavy atom. The summed E-state index contributed by atoms with van der Waals surface area (Å²) in [5.74, 6) is 0.619. The zero-order chi connectivity index (χ0) is 23.0. The molecule has 0 bridgehead atoms. The highest BCUT2D eigenvalue weighted by atomic mass is 16.5. The number of rotatable bonds is 7. The highest BCUT2D eigenvalue weighted by molar-refractivity contribution is 5.94. The van der Waals surface area contributed by atoms with Crippen LogP contribution in [0.1, 0.15) is 41.6 Å². The third-order valence-electron chi connectivity index (χ3n) is 6.38. The Labute approximate surface area is 194 Å². The van der Waals surface area contributed by atoms with E-state index in [4.69, 9.17) is 4.74 Å². The molecule has 2 aromatic rings. The summed E-state index contributed by atoms with van der Waals surface area (Å²) >= 11 is 0. The molecule has 2 heterocycles. The molecule has 0 atom stereocenters. The Kier molecular flexibility index (Phi) is 7.60. The van der Waals surface area contributed by atoms with Crippen LogP contribution in [0.4, 0.5) is 0 Å². The second-order valence-electron chi connectivity index (χ2n) is 8.67. The Bertz CT molecular complexity index is 947. The van der Waals surface area contributed by atoms with Crippen molar-refractivity contribution in [3.8, 4) is 5.75 Å². The van der Waals surface area contributed by atoms with Gasteiger partial charge >= 0.3 is 0 Å². The molecule has 7 heteroatoms. The third kappa shape index (κ3) is 6.12. The van der Waals surface area contributed by atoms with Crippen LogP contribution in [-0.2, 0) is 16.1 Å². The molecule has 0 aliphatic carbocycles. The zero-order valence-electron chi connectivity index (χ0n) is 18.9. The van der Waals surface area contributed by atoms with Gasteiger partial charge in [-0.2, -0.15) is 0 Å². The average molecular weight is 450 g/mol. The molecular formula is C26H31N3O4. The summed E-state index contributed by atoms with van der Waals surface area (Å²) in [5.41, 5.74) is 1.66. The van der Waals surface area contributed by atoms with Gasteiger partial charge in [-0.25, -0.2) is 0 Å². The molecule has 2 saturated heterocycles. The van der Waals surface area contributed by atoms with Crippen LogP contribution in [0.3, 0.4) is 0 Å². The van der Waals surface area contributed by atoms with Gasteiger partial charge in [0.15, 0.2) is 6.61 Å². The zero-order valence-corrected chi connectivity index (χ0v) is 18.9. The van der Waals surface area contributed by atoms with E-state index in [9.17, 15) is 14.4 Å². The lowest BCUT2D eigenvalue weighted by molar-refractivity contribution is -0.137. The van der Waals surface area contributed by atoms with Gasteiger partial charge in [0.2, 0.25) is 5.91 Å². The molecule has 0 spiro atoms. The highest BCUT2D eigenvalue weighted by Crippen LogP contribution is 2.19. The van der Waals surface area contributed by atoms with Gasteiger partial charge in [0.05, 0.1) is 0 Å². The van der Waals surface area contributed by atoms with Gasteiger partial charge in [-0.1, -0.05) is 30.3 Å². The first kappa shape index (κ1) is 22.8. The molecule has 0 radical (unpaired) electrons. The molecule has 2 aromatic carbocycles. The standard InChI is InChI=1S/C26H31N3O4/c30-24(19-33-23-6-2-1-3-7-23)28-16-12-21(13-17-28)25(31)27-18-20-8-10-22(11-9-20)26(32)29-14-4-5-15-29/h1-3,6-11,21H,4-5,12-19H2,(H,27,31). The smallest absolute Gasteiger partial charge is 0.260 e. The summed E-state index contributed by atoms with van der Waals surface area (Å²) in [7, 11) is 0. The maximum Gasteiger partial charge on any atom is 0.260 e. The van der Waals surface area contributed by atoms with Crippen molar-refractivity contribution in [3.63, 3.8) is 0 Å². The summed E-state index contributed by atoms with van der Waals surface area (Å²) in [6.07, 6.45) is 3.44.